The van der Waals surface area contributed by atoms with E-state index in [-0.39, 0.29) is 11.7 Å². The van der Waals surface area contributed by atoms with Gasteiger partial charge in [-0.25, -0.2) is 4.98 Å². The number of ether oxygens (including phenoxy) is 1. The van der Waals surface area contributed by atoms with Crippen molar-refractivity contribution in [1.82, 2.24) is 20.1 Å². The summed E-state index contributed by atoms with van der Waals surface area (Å²) in [6.07, 6.45) is 2.78. The van der Waals surface area contributed by atoms with Crippen LogP contribution in [0.15, 0.2) is 30.3 Å². The summed E-state index contributed by atoms with van der Waals surface area (Å²) in [4.78, 5) is 17.6. The molecule has 0 aliphatic heterocycles. The van der Waals surface area contributed by atoms with Gasteiger partial charge in [0.1, 0.15) is 5.75 Å². The second-order valence-corrected chi connectivity index (χ2v) is 7.30. The molecule has 2 aromatic heterocycles. The first-order valence-corrected chi connectivity index (χ1v) is 9.58. The highest BCUT2D eigenvalue weighted by atomic mass is 19.3. The first-order chi connectivity index (χ1) is 13.9. The lowest BCUT2D eigenvalue weighted by atomic mass is 10.1. The van der Waals surface area contributed by atoms with Gasteiger partial charge < -0.3 is 10.1 Å². The molecule has 1 saturated carbocycles. The van der Waals surface area contributed by atoms with Crippen LogP contribution in [0.1, 0.15) is 46.1 Å². The SMILES string of the molecule is Cc1nn(C)c2nc(C3CC3)cc(C(=O)NCCc3ccc(OC(F)F)cc3)c12. The molecule has 0 radical (unpaired) electrons. The highest BCUT2D eigenvalue weighted by Gasteiger charge is 2.28. The Hall–Kier alpha value is -3.03. The summed E-state index contributed by atoms with van der Waals surface area (Å²) >= 11 is 0. The van der Waals surface area contributed by atoms with Crippen LogP contribution in [0.2, 0.25) is 0 Å². The van der Waals surface area contributed by atoms with Gasteiger partial charge in [-0.15, -0.1) is 0 Å². The third-order valence-corrected chi connectivity index (χ3v) is 5.08. The number of hydrogen-bond donors (Lipinski definition) is 1. The fourth-order valence-electron chi connectivity index (χ4n) is 3.48. The van der Waals surface area contributed by atoms with E-state index in [0.29, 0.717) is 24.4 Å². The van der Waals surface area contributed by atoms with Crippen LogP contribution < -0.4 is 10.1 Å². The van der Waals surface area contributed by atoms with E-state index in [1.165, 1.54) is 12.1 Å². The number of alkyl halides is 2. The minimum atomic E-state index is -2.84. The molecular formula is C21H22F2N4O2. The van der Waals surface area contributed by atoms with Crippen LogP contribution in [0.25, 0.3) is 11.0 Å². The molecule has 1 aliphatic rings. The van der Waals surface area contributed by atoms with Crippen LogP contribution in [0.5, 0.6) is 5.75 Å². The first kappa shape index (κ1) is 19.3. The van der Waals surface area contributed by atoms with E-state index in [0.717, 1.165) is 40.8 Å². The van der Waals surface area contributed by atoms with Gasteiger partial charge in [0, 0.05) is 25.2 Å². The molecule has 1 N–H and O–H groups in total. The Balaban J connectivity index is 1.46. The van der Waals surface area contributed by atoms with Crippen molar-refractivity contribution in [3.8, 4) is 5.75 Å². The average molecular weight is 400 g/mol. The van der Waals surface area contributed by atoms with Gasteiger partial charge in [-0.2, -0.15) is 13.9 Å². The number of carbonyl (C=O) groups is 1. The Kier molecular flexibility index (Phi) is 5.17. The lowest BCUT2D eigenvalue weighted by molar-refractivity contribution is -0.0498. The Bertz CT molecular complexity index is 1040. The lowest BCUT2D eigenvalue weighted by Gasteiger charge is -2.10. The molecule has 0 spiro atoms. The maximum Gasteiger partial charge on any atom is 0.387 e. The molecular weight excluding hydrogens is 378 g/mol. The maximum atomic E-state index is 12.9. The smallest absolute Gasteiger partial charge is 0.387 e. The highest BCUT2D eigenvalue weighted by molar-refractivity contribution is 6.06. The Labute approximate surface area is 166 Å². The van der Waals surface area contributed by atoms with Gasteiger partial charge in [0.05, 0.1) is 16.6 Å². The number of carbonyl (C=O) groups excluding carboxylic acids is 1. The van der Waals surface area contributed by atoms with Crippen molar-refractivity contribution in [2.75, 3.05) is 6.54 Å². The molecule has 0 atom stereocenters. The van der Waals surface area contributed by atoms with Crippen molar-refractivity contribution >= 4 is 16.9 Å². The number of aromatic nitrogens is 3. The van der Waals surface area contributed by atoms with Crippen LogP contribution in [0, 0.1) is 6.92 Å². The molecule has 0 bridgehead atoms. The van der Waals surface area contributed by atoms with Gasteiger partial charge in [-0.1, -0.05) is 12.1 Å². The molecule has 3 aromatic rings. The fourth-order valence-corrected chi connectivity index (χ4v) is 3.48. The van der Waals surface area contributed by atoms with Crippen LogP contribution in [0.4, 0.5) is 8.78 Å². The van der Waals surface area contributed by atoms with E-state index in [1.54, 1.807) is 16.8 Å². The normalized spacial score (nSPS) is 13.8. The Morgan fingerprint density at radius 3 is 2.69 bits per heavy atom. The third kappa shape index (κ3) is 4.21. The van der Waals surface area contributed by atoms with Gasteiger partial charge in [0.15, 0.2) is 5.65 Å². The van der Waals surface area contributed by atoms with Gasteiger partial charge in [-0.05, 0) is 49.9 Å². The number of halogens is 2. The average Bonchev–Trinajstić information content (AvgIpc) is 3.49. The lowest BCUT2D eigenvalue weighted by Crippen LogP contribution is -2.26. The zero-order valence-corrected chi connectivity index (χ0v) is 16.3. The number of hydrogen-bond acceptors (Lipinski definition) is 4. The summed E-state index contributed by atoms with van der Waals surface area (Å²) in [5, 5.41) is 8.15. The van der Waals surface area contributed by atoms with E-state index in [9.17, 15) is 13.6 Å². The van der Waals surface area contributed by atoms with E-state index in [2.05, 4.69) is 15.2 Å². The minimum absolute atomic E-state index is 0.117. The van der Waals surface area contributed by atoms with Gasteiger partial charge in [0.25, 0.3) is 5.91 Å². The van der Waals surface area contributed by atoms with Crippen molar-refractivity contribution in [2.45, 2.75) is 38.7 Å². The number of benzene rings is 1. The number of aryl methyl sites for hydroxylation is 2. The minimum Gasteiger partial charge on any atom is -0.435 e. The van der Waals surface area contributed by atoms with Gasteiger partial charge in [-0.3, -0.25) is 9.48 Å². The maximum absolute atomic E-state index is 12.9. The molecule has 1 aliphatic carbocycles. The van der Waals surface area contributed by atoms with E-state index in [1.807, 2.05) is 20.0 Å². The van der Waals surface area contributed by atoms with Crippen LogP contribution in [-0.4, -0.2) is 33.8 Å². The summed E-state index contributed by atoms with van der Waals surface area (Å²) in [5.74, 6) is 0.384. The Morgan fingerprint density at radius 2 is 2.03 bits per heavy atom. The highest BCUT2D eigenvalue weighted by Crippen LogP contribution is 2.40. The molecule has 1 fully saturated rings. The van der Waals surface area contributed by atoms with Gasteiger partial charge in [0.2, 0.25) is 0 Å². The number of fused-ring (bicyclic) bond motifs is 1. The van der Waals surface area contributed by atoms with Crippen molar-refractivity contribution in [3.05, 3.63) is 52.8 Å². The van der Waals surface area contributed by atoms with Crippen molar-refractivity contribution in [2.24, 2.45) is 7.05 Å². The summed E-state index contributed by atoms with van der Waals surface area (Å²) < 4.78 is 30.5. The molecule has 152 valence electrons. The zero-order valence-electron chi connectivity index (χ0n) is 16.3. The van der Waals surface area contributed by atoms with E-state index >= 15 is 0 Å². The van der Waals surface area contributed by atoms with E-state index in [4.69, 9.17) is 4.98 Å². The first-order valence-electron chi connectivity index (χ1n) is 9.58. The van der Waals surface area contributed by atoms with E-state index < -0.39 is 6.61 Å². The molecule has 29 heavy (non-hydrogen) atoms. The predicted octanol–water partition coefficient (Wildman–Crippen LogP) is 3.73. The topological polar surface area (TPSA) is 69.0 Å². The largest absolute Gasteiger partial charge is 0.435 e. The fraction of sp³-hybridized carbons (Fsp3) is 0.381. The number of rotatable bonds is 7. The Morgan fingerprint density at radius 1 is 1.31 bits per heavy atom. The monoisotopic (exact) mass is 400 g/mol. The third-order valence-electron chi connectivity index (χ3n) is 5.08. The molecule has 4 rings (SSSR count). The van der Waals surface area contributed by atoms with Crippen molar-refractivity contribution in [1.29, 1.82) is 0 Å². The standard InChI is InChI=1S/C21H22F2N4O2/c1-12-18-16(11-17(14-5-6-14)25-19(18)27(2)26-12)20(28)24-10-9-13-3-7-15(8-4-13)29-21(22)23/h3-4,7-8,11,14,21H,5-6,9-10H2,1-2H3,(H,24,28). The molecule has 0 saturated heterocycles. The second-order valence-electron chi connectivity index (χ2n) is 7.30. The predicted molar refractivity (Wildman–Crippen MR) is 104 cm³/mol. The molecule has 1 aromatic carbocycles. The summed E-state index contributed by atoms with van der Waals surface area (Å²) in [5.41, 5.74) is 3.97. The molecule has 8 heteroatoms. The number of amides is 1. The molecule has 0 unspecified atom stereocenters. The van der Waals surface area contributed by atoms with Crippen molar-refractivity contribution < 1.29 is 18.3 Å². The number of pyridine rings is 1. The van der Waals surface area contributed by atoms with Crippen molar-refractivity contribution in [3.63, 3.8) is 0 Å². The zero-order chi connectivity index (χ0) is 20.5. The van der Waals surface area contributed by atoms with Crippen LogP contribution in [-0.2, 0) is 13.5 Å². The quantitative estimate of drug-likeness (QED) is 0.656. The molecule has 6 nitrogen and oxygen atoms in total. The number of nitrogens with one attached hydrogen (secondary N) is 1. The van der Waals surface area contributed by atoms with Crippen LogP contribution in [0.3, 0.4) is 0 Å². The second kappa shape index (κ2) is 7.77. The van der Waals surface area contributed by atoms with Crippen LogP contribution >= 0.6 is 0 Å². The van der Waals surface area contributed by atoms with Gasteiger partial charge >= 0.3 is 6.61 Å². The number of nitrogens with zero attached hydrogens (tertiary/aromatic N) is 3. The molecule has 2 heterocycles. The molecule has 1 amide bonds. The summed E-state index contributed by atoms with van der Waals surface area (Å²) in [6, 6.07) is 8.31. The summed E-state index contributed by atoms with van der Waals surface area (Å²) in [7, 11) is 1.84. The summed E-state index contributed by atoms with van der Waals surface area (Å²) in [6.45, 7) is -0.537.